The third-order valence-corrected chi connectivity index (χ3v) is 5.47. The van der Waals surface area contributed by atoms with Gasteiger partial charge in [0.15, 0.2) is 5.96 Å². The standard InChI is InChI=1S/C22H28N6OS.HI/c1-26(2)21(29)15-24-22(23-12-11-20-10-7-13-30-20)27(3)16-18-14-25-28(17-18)19-8-5-4-6-9-19;/h4-10,13-14,17H,11-12,15-16H2,1-3H3,(H,23,24);1H. The number of carbonyl (C=O) groups excluding carboxylic acids is 1. The molecule has 0 saturated carbocycles. The molecule has 166 valence electrons. The number of nitrogens with zero attached hydrogens (tertiary/aromatic N) is 5. The zero-order valence-electron chi connectivity index (χ0n) is 18.1. The molecule has 0 aliphatic rings. The molecular weight excluding hydrogens is 523 g/mol. The van der Waals surface area contributed by atoms with Crippen molar-refractivity contribution in [2.75, 3.05) is 34.2 Å². The molecule has 2 heterocycles. The molecule has 0 aliphatic heterocycles. The molecule has 0 radical (unpaired) electrons. The number of guanidine groups is 1. The van der Waals surface area contributed by atoms with Crippen LogP contribution in [0, 0.1) is 0 Å². The number of aromatic nitrogens is 2. The van der Waals surface area contributed by atoms with Crippen LogP contribution in [-0.4, -0.2) is 65.7 Å². The average molecular weight is 552 g/mol. The van der Waals surface area contributed by atoms with Gasteiger partial charge in [0.1, 0.15) is 6.54 Å². The Labute approximate surface area is 204 Å². The molecule has 7 nitrogen and oxygen atoms in total. The summed E-state index contributed by atoms with van der Waals surface area (Å²) in [4.78, 5) is 21.4. The third kappa shape index (κ3) is 7.66. The zero-order valence-corrected chi connectivity index (χ0v) is 21.2. The van der Waals surface area contributed by atoms with Crippen LogP contribution >= 0.6 is 35.3 Å². The van der Waals surface area contributed by atoms with Crippen molar-refractivity contribution >= 4 is 47.2 Å². The summed E-state index contributed by atoms with van der Waals surface area (Å²) in [6.45, 7) is 1.50. The van der Waals surface area contributed by atoms with Crippen LogP contribution in [0.3, 0.4) is 0 Å². The molecule has 2 aromatic heterocycles. The van der Waals surface area contributed by atoms with E-state index in [0.717, 1.165) is 24.2 Å². The van der Waals surface area contributed by atoms with E-state index in [1.165, 1.54) is 4.88 Å². The molecule has 1 amide bonds. The van der Waals surface area contributed by atoms with Gasteiger partial charge < -0.3 is 15.1 Å². The summed E-state index contributed by atoms with van der Waals surface area (Å²) in [6, 6.07) is 14.2. The van der Waals surface area contributed by atoms with Gasteiger partial charge >= 0.3 is 0 Å². The van der Waals surface area contributed by atoms with Gasteiger partial charge in [-0.1, -0.05) is 24.3 Å². The largest absolute Gasteiger partial charge is 0.356 e. The molecule has 0 spiro atoms. The van der Waals surface area contributed by atoms with E-state index in [1.807, 2.05) is 59.4 Å². The number of thiophene rings is 1. The lowest BCUT2D eigenvalue weighted by Crippen LogP contribution is -2.40. The van der Waals surface area contributed by atoms with Crippen LogP contribution in [0.1, 0.15) is 10.4 Å². The lowest BCUT2D eigenvalue weighted by Gasteiger charge is -2.22. The molecule has 0 bridgehead atoms. The third-order valence-electron chi connectivity index (χ3n) is 4.54. The first-order valence-electron chi connectivity index (χ1n) is 9.84. The van der Waals surface area contributed by atoms with Gasteiger partial charge in [0.2, 0.25) is 5.91 Å². The van der Waals surface area contributed by atoms with Crippen molar-refractivity contribution in [3.8, 4) is 5.69 Å². The molecule has 0 unspecified atom stereocenters. The van der Waals surface area contributed by atoms with Gasteiger partial charge in [0.25, 0.3) is 0 Å². The number of nitrogens with one attached hydrogen (secondary N) is 1. The van der Waals surface area contributed by atoms with E-state index in [4.69, 9.17) is 0 Å². The molecule has 3 aromatic rings. The fraction of sp³-hybridized carbons (Fsp3) is 0.318. The molecule has 0 saturated heterocycles. The topological polar surface area (TPSA) is 65.8 Å². The Hall–Kier alpha value is -2.40. The first kappa shape index (κ1) is 24.9. The smallest absolute Gasteiger partial charge is 0.243 e. The summed E-state index contributed by atoms with van der Waals surface area (Å²) in [5.41, 5.74) is 2.08. The highest BCUT2D eigenvalue weighted by Crippen LogP contribution is 2.10. The van der Waals surface area contributed by atoms with E-state index in [1.54, 1.807) is 30.3 Å². The van der Waals surface area contributed by atoms with Gasteiger partial charge in [0.05, 0.1) is 11.9 Å². The first-order valence-corrected chi connectivity index (χ1v) is 10.7. The molecule has 1 N–H and O–H groups in total. The van der Waals surface area contributed by atoms with Crippen molar-refractivity contribution in [1.82, 2.24) is 24.9 Å². The Bertz CT molecular complexity index is 956. The van der Waals surface area contributed by atoms with E-state index in [9.17, 15) is 4.79 Å². The number of amides is 1. The van der Waals surface area contributed by atoms with Crippen LogP contribution in [0.15, 0.2) is 65.2 Å². The van der Waals surface area contributed by atoms with E-state index >= 15 is 0 Å². The SMILES string of the molecule is CN(C)C(=O)CN=C(NCCc1cccs1)N(C)Cc1cnn(-c2ccccc2)c1.I. The number of likely N-dealkylation sites (N-methyl/N-ethyl adjacent to an activating group) is 1. The highest BCUT2D eigenvalue weighted by molar-refractivity contribution is 14.0. The van der Waals surface area contributed by atoms with E-state index in [-0.39, 0.29) is 36.4 Å². The van der Waals surface area contributed by atoms with Crippen LogP contribution < -0.4 is 5.32 Å². The van der Waals surface area contributed by atoms with Gasteiger partial charge in [-0.15, -0.1) is 35.3 Å². The normalized spacial score (nSPS) is 11.0. The minimum atomic E-state index is -0.0298. The van der Waals surface area contributed by atoms with Gasteiger partial charge in [-0.2, -0.15) is 5.10 Å². The number of hydrogen-bond donors (Lipinski definition) is 1. The summed E-state index contributed by atoms with van der Waals surface area (Å²) in [5.74, 6) is 0.673. The van der Waals surface area contributed by atoms with Gasteiger partial charge in [-0.05, 0) is 30.0 Å². The van der Waals surface area contributed by atoms with Gasteiger partial charge in [-0.25, -0.2) is 9.67 Å². The number of hydrogen-bond acceptors (Lipinski definition) is 4. The summed E-state index contributed by atoms with van der Waals surface area (Å²) in [5, 5.41) is 9.94. The number of carbonyl (C=O) groups is 1. The van der Waals surface area contributed by atoms with Crippen molar-refractivity contribution in [2.45, 2.75) is 13.0 Å². The second kappa shape index (κ2) is 12.5. The highest BCUT2D eigenvalue weighted by Gasteiger charge is 2.11. The maximum atomic E-state index is 12.0. The van der Waals surface area contributed by atoms with Crippen molar-refractivity contribution in [3.63, 3.8) is 0 Å². The lowest BCUT2D eigenvalue weighted by molar-refractivity contribution is -0.127. The molecular formula is C22H29IN6OS. The number of aliphatic imine (C=N–C) groups is 1. The number of rotatable bonds is 8. The van der Waals surface area contributed by atoms with E-state index < -0.39 is 0 Å². The van der Waals surface area contributed by atoms with E-state index in [2.05, 4.69) is 32.9 Å². The zero-order chi connectivity index (χ0) is 21.3. The van der Waals surface area contributed by atoms with Gasteiger partial charge in [-0.3, -0.25) is 4.79 Å². The molecule has 3 rings (SSSR count). The lowest BCUT2D eigenvalue weighted by atomic mass is 10.3. The van der Waals surface area contributed by atoms with Crippen LogP contribution in [0.2, 0.25) is 0 Å². The number of halogens is 1. The minimum absolute atomic E-state index is 0. The molecule has 1 aromatic carbocycles. The van der Waals surface area contributed by atoms with Crippen LogP contribution in [0.5, 0.6) is 0 Å². The van der Waals surface area contributed by atoms with Crippen molar-refractivity contribution in [3.05, 3.63) is 70.7 Å². The highest BCUT2D eigenvalue weighted by atomic mass is 127. The molecule has 0 atom stereocenters. The quantitative estimate of drug-likeness (QED) is 0.265. The molecule has 9 heteroatoms. The van der Waals surface area contributed by atoms with Crippen LogP contribution in [-0.2, 0) is 17.8 Å². The number of benzene rings is 1. The summed E-state index contributed by atoms with van der Waals surface area (Å²) in [7, 11) is 5.45. The first-order chi connectivity index (χ1) is 14.5. The second-order valence-electron chi connectivity index (χ2n) is 7.17. The maximum Gasteiger partial charge on any atom is 0.243 e. The predicted octanol–water partition coefficient (Wildman–Crippen LogP) is 3.26. The Morgan fingerprint density at radius 2 is 1.94 bits per heavy atom. The Morgan fingerprint density at radius 1 is 1.16 bits per heavy atom. The fourth-order valence-electron chi connectivity index (χ4n) is 2.86. The molecule has 0 aliphatic carbocycles. The molecule has 31 heavy (non-hydrogen) atoms. The predicted molar refractivity (Wildman–Crippen MR) is 137 cm³/mol. The summed E-state index contributed by atoms with van der Waals surface area (Å²) in [6.07, 6.45) is 4.79. The molecule has 0 fully saturated rings. The van der Waals surface area contributed by atoms with E-state index in [0.29, 0.717) is 12.5 Å². The Kier molecular flexibility index (Phi) is 9.99. The summed E-state index contributed by atoms with van der Waals surface area (Å²) >= 11 is 1.74. The van der Waals surface area contributed by atoms with Crippen molar-refractivity contribution < 1.29 is 4.79 Å². The monoisotopic (exact) mass is 552 g/mol. The Morgan fingerprint density at radius 3 is 2.61 bits per heavy atom. The fourth-order valence-corrected chi connectivity index (χ4v) is 3.57. The summed E-state index contributed by atoms with van der Waals surface area (Å²) < 4.78 is 1.86. The van der Waals surface area contributed by atoms with Crippen molar-refractivity contribution in [1.29, 1.82) is 0 Å². The number of para-hydroxylation sites is 1. The Balaban J connectivity index is 0.00000341. The average Bonchev–Trinajstić information content (AvgIpc) is 3.43. The van der Waals surface area contributed by atoms with Gasteiger partial charge in [0, 0.05) is 50.9 Å². The van der Waals surface area contributed by atoms with Crippen LogP contribution in [0.25, 0.3) is 5.69 Å². The maximum absolute atomic E-state index is 12.0. The minimum Gasteiger partial charge on any atom is -0.356 e. The van der Waals surface area contributed by atoms with Crippen molar-refractivity contribution in [2.24, 2.45) is 4.99 Å². The van der Waals surface area contributed by atoms with Crippen LogP contribution in [0.4, 0.5) is 0 Å². The second-order valence-corrected chi connectivity index (χ2v) is 8.20.